The Labute approximate surface area is 128 Å². The minimum absolute atomic E-state index is 0.0804. The SMILES string of the molecule is CC(C)COC(=O)CC(c1ccccc1)N1CCCCC1. The van der Waals surface area contributed by atoms with Crippen molar-refractivity contribution in [1.29, 1.82) is 0 Å². The summed E-state index contributed by atoms with van der Waals surface area (Å²) in [6.07, 6.45) is 4.21. The smallest absolute Gasteiger partial charge is 0.307 e. The van der Waals surface area contributed by atoms with Gasteiger partial charge in [0.05, 0.1) is 13.0 Å². The second-order valence-corrected chi connectivity index (χ2v) is 6.30. The molecule has 0 radical (unpaired) electrons. The fraction of sp³-hybridized carbons (Fsp3) is 0.611. The van der Waals surface area contributed by atoms with Gasteiger partial charge in [-0.3, -0.25) is 9.69 Å². The molecule has 0 aromatic heterocycles. The molecule has 1 aromatic rings. The number of benzene rings is 1. The van der Waals surface area contributed by atoms with Gasteiger partial charge >= 0.3 is 5.97 Å². The third-order valence-corrected chi connectivity index (χ3v) is 3.95. The van der Waals surface area contributed by atoms with Crippen molar-refractivity contribution in [3.63, 3.8) is 0 Å². The lowest BCUT2D eigenvalue weighted by Crippen LogP contribution is -2.35. The zero-order valence-corrected chi connectivity index (χ0v) is 13.3. The molecular formula is C18H27NO2. The fourth-order valence-corrected chi connectivity index (χ4v) is 2.84. The number of hydrogen-bond donors (Lipinski definition) is 0. The Morgan fingerprint density at radius 3 is 2.43 bits per heavy atom. The molecule has 116 valence electrons. The van der Waals surface area contributed by atoms with Gasteiger partial charge in [-0.15, -0.1) is 0 Å². The van der Waals surface area contributed by atoms with Crippen molar-refractivity contribution in [3.8, 4) is 0 Å². The van der Waals surface area contributed by atoms with Crippen LogP contribution in [0, 0.1) is 5.92 Å². The molecule has 2 rings (SSSR count). The first-order valence-electron chi connectivity index (χ1n) is 8.11. The molecule has 0 amide bonds. The van der Waals surface area contributed by atoms with Gasteiger partial charge < -0.3 is 4.74 Å². The van der Waals surface area contributed by atoms with Crippen LogP contribution in [0.1, 0.15) is 51.1 Å². The average Bonchev–Trinajstić information content (AvgIpc) is 2.52. The third kappa shape index (κ3) is 5.16. The highest BCUT2D eigenvalue weighted by molar-refractivity contribution is 5.70. The standard InChI is InChI=1S/C18H27NO2/c1-15(2)14-21-18(20)13-17(16-9-5-3-6-10-16)19-11-7-4-8-12-19/h3,5-6,9-10,15,17H,4,7-8,11-14H2,1-2H3. The summed E-state index contributed by atoms with van der Waals surface area (Å²) in [7, 11) is 0. The van der Waals surface area contributed by atoms with Gasteiger partial charge in [-0.1, -0.05) is 50.6 Å². The Morgan fingerprint density at radius 2 is 1.81 bits per heavy atom. The lowest BCUT2D eigenvalue weighted by atomic mass is 9.99. The Kier molecular flexibility index (Phi) is 6.24. The summed E-state index contributed by atoms with van der Waals surface area (Å²) in [5.41, 5.74) is 1.22. The van der Waals surface area contributed by atoms with E-state index < -0.39 is 0 Å². The van der Waals surface area contributed by atoms with E-state index in [4.69, 9.17) is 4.74 Å². The van der Waals surface area contributed by atoms with Crippen molar-refractivity contribution in [3.05, 3.63) is 35.9 Å². The minimum atomic E-state index is -0.0804. The molecule has 1 saturated heterocycles. The molecule has 3 heteroatoms. The first-order chi connectivity index (χ1) is 10.2. The lowest BCUT2D eigenvalue weighted by Gasteiger charge is -2.34. The molecule has 3 nitrogen and oxygen atoms in total. The molecule has 1 aromatic carbocycles. The molecule has 1 unspecified atom stereocenters. The highest BCUT2D eigenvalue weighted by Gasteiger charge is 2.25. The Balaban J connectivity index is 2.03. The quantitative estimate of drug-likeness (QED) is 0.746. The number of ether oxygens (including phenoxy) is 1. The van der Waals surface area contributed by atoms with Crippen molar-refractivity contribution in [2.75, 3.05) is 19.7 Å². The lowest BCUT2D eigenvalue weighted by molar-refractivity contribution is -0.146. The van der Waals surface area contributed by atoms with Crippen molar-refractivity contribution in [1.82, 2.24) is 4.90 Å². The van der Waals surface area contributed by atoms with Crippen LogP contribution < -0.4 is 0 Å². The second kappa shape index (κ2) is 8.18. The van der Waals surface area contributed by atoms with Crippen molar-refractivity contribution in [2.45, 2.75) is 45.6 Å². The number of likely N-dealkylation sites (tertiary alicyclic amines) is 1. The summed E-state index contributed by atoms with van der Waals surface area (Å²) in [6.45, 7) is 6.80. The van der Waals surface area contributed by atoms with Gasteiger partial charge in [-0.25, -0.2) is 0 Å². The molecule has 0 saturated carbocycles. The van der Waals surface area contributed by atoms with E-state index in [0.29, 0.717) is 18.9 Å². The van der Waals surface area contributed by atoms with Gasteiger partial charge in [0.2, 0.25) is 0 Å². The number of esters is 1. The maximum atomic E-state index is 12.1. The molecule has 0 aliphatic carbocycles. The monoisotopic (exact) mass is 289 g/mol. The Morgan fingerprint density at radius 1 is 1.14 bits per heavy atom. The third-order valence-electron chi connectivity index (χ3n) is 3.95. The van der Waals surface area contributed by atoms with Crippen LogP contribution >= 0.6 is 0 Å². The van der Waals surface area contributed by atoms with Crippen molar-refractivity contribution in [2.24, 2.45) is 5.92 Å². The number of hydrogen-bond acceptors (Lipinski definition) is 3. The van der Waals surface area contributed by atoms with Gasteiger partial charge in [0.15, 0.2) is 0 Å². The van der Waals surface area contributed by atoms with Gasteiger partial charge in [-0.2, -0.15) is 0 Å². The highest BCUT2D eigenvalue weighted by atomic mass is 16.5. The summed E-state index contributed by atoms with van der Waals surface area (Å²) in [6, 6.07) is 10.5. The van der Waals surface area contributed by atoms with E-state index in [1.165, 1.54) is 24.8 Å². The van der Waals surface area contributed by atoms with Crippen LogP contribution in [-0.4, -0.2) is 30.6 Å². The van der Waals surface area contributed by atoms with E-state index in [0.717, 1.165) is 13.1 Å². The Bertz CT molecular complexity index is 424. The van der Waals surface area contributed by atoms with Crippen molar-refractivity contribution >= 4 is 5.97 Å². The van der Waals surface area contributed by atoms with Crippen LogP contribution in [0.15, 0.2) is 30.3 Å². The predicted octanol–water partition coefficient (Wildman–Crippen LogP) is 3.80. The van der Waals surface area contributed by atoms with Crippen LogP contribution in [0.4, 0.5) is 0 Å². The molecule has 1 heterocycles. The summed E-state index contributed by atoms with van der Waals surface area (Å²) >= 11 is 0. The van der Waals surface area contributed by atoms with Crippen LogP contribution in [-0.2, 0) is 9.53 Å². The van der Waals surface area contributed by atoms with Crippen LogP contribution in [0.2, 0.25) is 0 Å². The van der Waals surface area contributed by atoms with Crippen LogP contribution in [0.25, 0.3) is 0 Å². The zero-order chi connectivity index (χ0) is 15.1. The molecular weight excluding hydrogens is 262 g/mol. The minimum Gasteiger partial charge on any atom is -0.465 e. The number of carbonyl (C=O) groups excluding carboxylic acids is 1. The van der Waals surface area contributed by atoms with Crippen molar-refractivity contribution < 1.29 is 9.53 Å². The average molecular weight is 289 g/mol. The van der Waals surface area contributed by atoms with E-state index in [2.05, 4.69) is 30.9 Å². The summed E-state index contributed by atoms with van der Waals surface area (Å²) in [5.74, 6) is 0.308. The van der Waals surface area contributed by atoms with E-state index >= 15 is 0 Å². The van der Waals surface area contributed by atoms with Gasteiger partial charge in [0, 0.05) is 6.04 Å². The Hall–Kier alpha value is -1.35. The molecule has 0 spiro atoms. The summed E-state index contributed by atoms with van der Waals surface area (Å²) < 4.78 is 5.38. The van der Waals surface area contributed by atoms with E-state index in [1.807, 2.05) is 18.2 Å². The van der Waals surface area contributed by atoms with Gasteiger partial charge in [-0.05, 0) is 37.4 Å². The molecule has 1 aliphatic rings. The van der Waals surface area contributed by atoms with Crippen LogP contribution in [0.5, 0.6) is 0 Å². The molecule has 0 bridgehead atoms. The zero-order valence-electron chi connectivity index (χ0n) is 13.3. The number of nitrogens with zero attached hydrogens (tertiary/aromatic N) is 1. The second-order valence-electron chi connectivity index (χ2n) is 6.30. The maximum absolute atomic E-state index is 12.1. The number of rotatable bonds is 6. The van der Waals surface area contributed by atoms with E-state index in [9.17, 15) is 4.79 Å². The molecule has 0 N–H and O–H groups in total. The normalized spacial score (nSPS) is 17.7. The maximum Gasteiger partial charge on any atom is 0.307 e. The predicted molar refractivity (Wildman–Crippen MR) is 85.0 cm³/mol. The van der Waals surface area contributed by atoms with Crippen LogP contribution in [0.3, 0.4) is 0 Å². The molecule has 1 atom stereocenters. The topological polar surface area (TPSA) is 29.5 Å². The first kappa shape index (κ1) is 16.0. The molecule has 21 heavy (non-hydrogen) atoms. The summed E-state index contributed by atoms with van der Waals surface area (Å²) in [4.78, 5) is 14.6. The number of carbonyl (C=O) groups is 1. The van der Waals surface area contributed by atoms with E-state index in [-0.39, 0.29) is 12.0 Å². The van der Waals surface area contributed by atoms with Gasteiger partial charge in [0.25, 0.3) is 0 Å². The summed E-state index contributed by atoms with van der Waals surface area (Å²) in [5, 5.41) is 0. The highest BCUT2D eigenvalue weighted by Crippen LogP contribution is 2.27. The largest absolute Gasteiger partial charge is 0.465 e. The fourth-order valence-electron chi connectivity index (χ4n) is 2.84. The molecule has 1 fully saturated rings. The first-order valence-corrected chi connectivity index (χ1v) is 8.11. The number of piperidine rings is 1. The van der Waals surface area contributed by atoms with E-state index in [1.54, 1.807) is 0 Å². The van der Waals surface area contributed by atoms with Gasteiger partial charge in [0.1, 0.15) is 0 Å². The molecule has 1 aliphatic heterocycles.